The Bertz CT molecular complexity index is 313. The summed E-state index contributed by atoms with van der Waals surface area (Å²) in [6, 6.07) is 5.72. The van der Waals surface area contributed by atoms with Crippen LogP contribution < -0.4 is 4.74 Å². The molecule has 0 aliphatic rings. The zero-order valence-electron chi connectivity index (χ0n) is 9.71. The monoisotopic (exact) mass is 286 g/mol. The van der Waals surface area contributed by atoms with Gasteiger partial charge in [0, 0.05) is 10.0 Å². The minimum atomic E-state index is 0.0176. The van der Waals surface area contributed by atoms with Gasteiger partial charge < -0.3 is 9.84 Å². The van der Waals surface area contributed by atoms with Gasteiger partial charge in [-0.25, -0.2) is 0 Å². The van der Waals surface area contributed by atoms with Gasteiger partial charge in [0.1, 0.15) is 5.75 Å². The molecule has 0 atom stereocenters. The highest BCUT2D eigenvalue weighted by Gasteiger charge is 2.03. The van der Waals surface area contributed by atoms with Crippen LogP contribution in [0.1, 0.15) is 38.2 Å². The molecule has 0 spiro atoms. The quantitative estimate of drug-likeness (QED) is 0.771. The Morgan fingerprint density at radius 3 is 2.75 bits per heavy atom. The Kier molecular flexibility index (Phi) is 6.50. The first kappa shape index (κ1) is 13.5. The van der Waals surface area contributed by atoms with Crippen molar-refractivity contribution in [3.05, 3.63) is 28.2 Å². The predicted octanol–water partition coefficient (Wildman–Crippen LogP) is 3.90. The van der Waals surface area contributed by atoms with E-state index in [-0.39, 0.29) is 6.61 Å². The summed E-state index contributed by atoms with van der Waals surface area (Å²) in [5, 5.41) is 9.18. The fourth-order valence-electron chi connectivity index (χ4n) is 1.52. The van der Waals surface area contributed by atoms with Crippen molar-refractivity contribution < 1.29 is 9.84 Å². The molecule has 1 aromatic rings. The van der Waals surface area contributed by atoms with Gasteiger partial charge in [0.25, 0.3) is 0 Å². The molecule has 0 bridgehead atoms. The Balaban J connectivity index is 2.41. The number of rotatable bonds is 7. The average Bonchev–Trinajstić information content (AvgIpc) is 2.30. The molecule has 90 valence electrons. The third-order valence-corrected chi connectivity index (χ3v) is 2.94. The van der Waals surface area contributed by atoms with Gasteiger partial charge in [0.2, 0.25) is 0 Å². The third-order valence-electron chi connectivity index (χ3n) is 2.45. The topological polar surface area (TPSA) is 29.5 Å². The molecular formula is C13H19BrO2. The Labute approximate surface area is 106 Å². The number of ether oxygens (including phenoxy) is 1. The summed E-state index contributed by atoms with van der Waals surface area (Å²) in [6.07, 6.45) is 4.78. The second kappa shape index (κ2) is 7.69. The SMILES string of the molecule is CCCCCCOc1ccc(Br)cc1CO. The number of hydrogen-bond acceptors (Lipinski definition) is 2. The van der Waals surface area contributed by atoms with E-state index in [9.17, 15) is 5.11 Å². The second-order valence-corrected chi connectivity index (χ2v) is 4.73. The van der Waals surface area contributed by atoms with Crippen molar-refractivity contribution in [2.45, 2.75) is 39.2 Å². The fourth-order valence-corrected chi connectivity index (χ4v) is 1.93. The van der Waals surface area contributed by atoms with Gasteiger partial charge >= 0.3 is 0 Å². The van der Waals surface area contributed by atoms with E-state index < -0.39 is 0 Å². The molecule has 3 heteroatoms. The number of unbranched alkanes of at least 4 members (excludes halogenated alkanes) is 3. The summed E-state index contributed by atoms with van der Waals surface area (Å²) < 4.78 is 6.62. The van der Waals surface area contributed by atoms with E-state index in [0.29, 0.717) is 0 Å². The van der Waals surface area contributed by atoms with Gasteiger partial charge in [0.05, 0.1) is 13.2 Å². The Hall–Kier alpha value is -0.540. The normalized spacial score (nSPS) is 10.4. The lowest BCUT2D eigenvalue weighted by atomic mass is 10.2. The smallest absolute Gasteiger partial charge is 0.124 e. The zero-order chi connectivity index (χ0) is 11.8. The molecule has 0 aliphatic carbocycles. The fraction of sp³-hybridized carbons (Fsp3) is 0.538. The van der Waals surface area contributed by atoms with Gasteiger partial charge in [-0.1, -0.05) is 42.1 Å². The van der Waals surface area contributed by atoms with Crippen LogP contribution in [0.2, 0.25) is 0 Å². The molecular weight excluding hydrogens is 268 g/mol. The minimum Gasteiger partial charge on any atom is -0.493 e. The average molecular weight is 287 g/mol. The zero-order valence-corrected chi connectivity index (χ0v) is 11.3. The van der Waals surface area contributed by atoms with Crippen LogP contribution in [0.4, 0.5) is 0 Å². The lowest BCUT2D eigenvalue weighted by Crippen LogP contribution is -2.00. The number of hydrogen-bond donors (Lipinski definition) is 1. The van der Waals surface area contributed by atoms with Gasteiger partial charge in [0.15, 0.2) is 0 Å². The first-order valence-corrected chi connectivity index (χ1v) is 6.59. The van der Waals surface area contributed by atoms with Crippen molar-refractivity contribution in [3.8, 4) is 5.75 Å². The van der Waals surface area contributed by atoms with Gasteiger partial charge in [-0.15, -0.1) is 0 Å². The summed E-state index contributed by atoms with van der Waals surface area (Å²) in [4.78, 5) is 0. The minimum absolute atomic E-state index is 0.0176. The Morgan fingerprint density at radius 1 is 1.25 bits per heavy atom. The summed E-state index contributed by atoms with van der Waals surface area (Å²) in [7, 11) is 0. The van der Waals surface area contributed by atoms with Crippen LogP contribution in [-0.2, 0) is 6.61 Å². The largest absolute Gasteiger partial charge is 0.493 e. The van der Waals surface area contributed by atoms with E-state index >= 15 is 0 Å². The molecule has 0 saturated heterocycles. The van der Waals surface area contributed by atoms with Crippen molar-refractivity contribution in [3.63, 3.8) is 0 Å². The van der Waals surface area contributed by atoms with E-state index in [1.54, 1.807) is 0 Å². The van der Waals surface area contributed by atoms with E-state index in [1.807, 2.05) is 18.2 Å². The summed E-state index contributed by atoms with van der Waals surface area (Å²) in [5.41, 5.74) is 0.838. The molecule has 1 aromatic carbocycles. The molecule has 16 heavy (non-hydrogen) atoms. The molecule has 0 unspecified atom stereocenters. The van der Waals surface area contributed by atoms with Crippen LogP contribution >= 0.6 is 15.9 Å². The number of aliphatic hydroxyl groups excluding tert-OH is 1. The molecule has 0 heterocycles. The van der Waals surface area contributed by atoms with Crippen molar-refractivity contribution in [2.75, 3.05) is 6.61 Å². The maximum absolute atomic E-state index is 9.18. The van der Waals surface area contributed by atoms with Crippen LogP contribution in [-0.4, -0.2) is 11.7 Å². The van der Waals surface area contributed by atoms with Crippen molar-refractivity contribution >= 4 is 15.9 Å². The molecule has 0 amide bonds. The predicted molar refractivity (Wildman–Crippen MR) is 69.7 cm³/mol. The van der Waals surface area contributed by atoms with E-state index in [0.717, 1.165) is 28.8 Å². The summed E-state index contributed by atoms with van der Waals surface area (Å²) in [6.45, 7) is 2.94. The first-order chi connectivity index (χ1) is 7.77. The van der Waals surface area contributed by atoms with E-state index in [4.69, 9.17) is 4.74 Å². The molecule has 2 nitrogen and oxygen atoms in total. The molecule has 0 aromatic heterocycles. The van der Waals surface area contributed by atoms with Crippen LogP contribution in [0.3, 0.4) is 0 Å². The van der Waals surface area contributed by atoms with Crippen LogP contribution in [0.5, 0.6) is 5.75 Å². The lowest BCUT2D eigenvalue weighted by molar-refractivity contribution is 0.260. The standard InChI is InChI=1S/C13H19BrO2/c1-2-3-4-5-8-16-13-7-6-12(14)9-11(13)10-15/h6-7,9,15H,2-5,8,10H2,1H3. The number of aliphatic hydroxyl groups is 1. The maximum Gasteiger partial charge on any atom is 0.124 e. The molecule has 0 fully saturated rings. The van der Waals surface area contributed by atoms with Gasteiger partial charge in [-0.2, -0.15) is 0 Å². The van der Waals surface area contributed by atoms with Crippen molar-refractivity contribution in [2.24, 2.45) is 0 Å². The van der Waals surface area contributed by atoms with Crippen LogP contribution in [0.15, 0.2) is 22.7 Å². The molecule has 0 saturated carbocycles. The van der Waals surface area contributed by atoms with Crippen LogP contribution in [0.25, 0.3) is 0 Å². The highest BCUT2D eigenvalue weighted by molar-refractivity contribution is 9.10. The van der Waals surface area contributed by atoms with E-state index in [1.165, 1.54) is 19.3 Å². The lowest BCUT2D eigenvalue weighted by Gasteiger charge is -2.10. The molecule has 1 N–H and O–H groups in total. The van der Waals surface area contributed by atoms with Crippen molar-refractivity contribution in [1.29, 1.82) is 0 Å². The van der Waals surface area contributed by atoms with E-state index in [2.05, 4.69) is 22.9 Å². The molecule has 0 aliphatic heterocycles. The van der Waals surface area contributed by atoms with Gasteiger partial charge in [-0.05, 0) is 24.6 Å². The first-order valence-electron chi connectivity index (χ1n) is 5.80. The highest BCUT2D eigenvalue weighted by atomic mass is 79.9. The maximum atomic E-state index is 9.18. The van der Waals surface area contributed by atoms with Gasteiger partial charge in [-0.3, -0.25) is 0 Å². The van der Waals surface area contributed by atoms with Crippen molar-refractivity contribution in [1.82, 2.24) is 0 Å². The number of benzene rings is 1. The highest BCUT2D eigenvalue weighted by Crippen LogP contribution is 2.23. The molecule has 1 rings (SSSR count). The second-order valence-electron chi connectivity index (χ2n) is 3.82. The third kappa shape index (κ3) is 4.54. The van der Waals surface area contributed by atoms with Crippen LogP contribution in [0, 0.1) is 0 Å². The summed E-state index contributed by atoms with van der Waals surface area (Å²) in [5.74, 6) is 0.794. The molecule has 0 radical (unpaired) electrons. The number of halogens is 1. The summed E-state index contributed by atoms with van der Waals surface area (Å²) >= 11 is 3.37. The Morgan fingerprint density at radius 2 is 2.06 bits per heavy atom.